The lowest BCUT2D eigenvalue weighted by molar-refractivity contribution is -0.139. The van der Waals surface area contributed by atoms with Crippen LogP contribution in [0.15, 0.2) is 54.6 Å². The average molecular weight is 251 g/mol. The van der Waals surface area contributed by atoms with Crippen LogP contribution in [0.5, 0.6) is 0 Å². The summed E-state index contributed by atoms with van der Waals surface area (Å²) in [7, 11) is 0. The lowest BCUT2D eigenvalue weighted by atomic mass is 9.98. The predicted molar refractivity (Wildman–Crippen MR) is 72.3 cm³/mol. The maximum Gasteiger partial charge on any atom is 0.321 e. The number of hydrogen-bond donors (Lipinski definition) is 1. The minimum Gasteiger partial charge on any atom is -0.480 e. The number of carbonyl (C=O) groups is 1. The maximum atomic E-state index is 10.8. The number of carboxylic acid groups (broad SMARTS) is 1. The van der Waals surface area contributed by atoms with Crippen LogP contribution in [0.25, 0.3) is 11.1 Å². The molecule has 0 saturated heterocycles. The van der Waals surface area contributed by atoms with Gasteiger partial charge in [0.05, 0.1) is 6.07 Å². The quantitative estimate of drug-likeness (QED) is 0.908. The maximum absolute atomic E-state index is 10.8. The fourth-order valence-corrected chi connectivity index (χ4v) is 1.89. The first-order valence-electron chi connectivity index (χ1n) is 5.97. The predicted octanol–water partition coefficient (Wildman–Crippen LogP) is 3.12. The van der Waals surface area contributed by atoms with Gasteiger partial charge in [-0.15, -0.1) is 0 Å². The second-order valence-corrected chi connectivity index (χ2v) is 4.29. The lowest BCUT2D eigenvalue weighted by Crippen LogP contribution is -2.14. The first kappa shape index (κ1) is 12.8. The zero-order valence-electron chi connectivity index (χ0n) is 10.3. The molecule has 2 aromatic carbocycles. The number of benzene rings is 2. The Morgan fingerprint density at radius 3 is 2.16 bits per heavy atom. The van der Waals surface area contributed by atoms with E-state index in [1.165, 1.54) is 0 Å². The molecular formula is C16H13NO2. The van der Waals surface area contributed by atoms with Gasteiger partial charge in [0, 0.05) is 0 Å². The first-order valence-corrected chi connectivity index (χ1v) is 5.97. The van der Waals surface area contributed by atoms with Gasteiger partial charge in [-0.05, 0) is 23.1 Å². The summed E-state index contributed by atoms with van der Waals surface area (Å²) in [6.07, 6.45) is 0.237. The molecule has 0 aliphatic carbocycles. The third kappa shape index (κ3) is 3.20. The van der Waals surface area contributed by atoms with E-state index in [4.69, 9.17) is 10.4 Å². The molecule has 3 heteroatoms. The van der Waals surface area contributed by atoms with Gasteiger partial charge in [-0.3, -0.25) is 4.79 Å². The van der Waals surface area contributed by atoms with Crippen molar-refractivity contribution in [3.8, 4) is 17.2 Å². The van der Waals surface area contributed by atoms with E-state index >= 15 is 0 Å². The third-order valence-electron chi connectivity index (χ3n) is 2.95. The van der Waals surface area contributed by atoms with E-state index in [0.29, 0.717) is 0 Å². The van der Waals surface area contributed by atoms with Crippen LogP contribution in [0.4, 0.5) is 0 Å². The summed E-state index contributed by atoms with van der Waals surface area (Å²) in [4.78, 5) is 10.8. The largest absolute Gasteiger partial charge is 0.480 e. The Morgan fingerprint density at radius 1 is 1.05 bits per heavy atom. The van der Waals surface area contributed by atoms with Crippen molar-refractivity contribution in [1.82, 2.24) is 0 Å². The highest BCUT2D eigenvalue weighted by atomic mass is 16.4. The van der Waals surface area contributed by atoms with Crippen molar-refractivity contribution in [3.63, 3.8) is 0 Å². The van der Waals surface area contributed by atoms with Crippen LogP contribution in [0.1, 0.15) is 5.56 Å². The molecule has 0 saturated carbocycles. The van der Waals surface area contributed by atoms with E-state index in [0.717, 1.165) is 16.7 Å². The Morgan fingerprint density at radius 2 is 1.63 bits per heavy atom. The second kappa shape index (κ2) is 5.83. The summed E-state index contributed by atoms with van der Waals surface area (Å²) in [5, 5.41) is 17.6. The van der Waals surface area contributed by atoms with E-state index in [2.05, 4.69) is 0 Å². The molecule has 0 aliphatic heterocycles. The zero-order valence-corrected chi connectivity index (χ0v) is 10.3. The molecule has 0 heterocycles. The molecule has 0 aromatic heterocycles. The first-order chi connectivity index (χ1) is 9.20. The van der Waals surface area contributed by atoms with Crippen molar-refractivity contribution in [1.29, 1.82) is 5.26 Å². The van der Waals surface area contributed by atoms with Gasteiger partial charge in [-0.1, -0.05) is 54.6 Å². The van der Waals surface area contributed by atoms with Gasteiger partial charge < -0.3 is 5.11 Å². The van der Waals surface area contributed by atoms with Gasteiger partial charge >= 0.3 is 5.97 Å². The smallest absolute Gasteiger partial charge is 0.321 e. The summed E-state index contributed by atoms with van der Waals surface area (Å²) >= 11 is 0. The number of aliphatic carboxylic acids is 1. The van der Waals surface area contributed by atoms with E-state index in [1.807, 2.05) is 54.6 Å². The highest BCUT2D eigenvalue weighted by Crippen LogP contribution is 2.20. The number of nitrogens with zero attached hydrogens (tertiary/aromatic N) is 1. The van der Waals surface area contributed by atoms with Gasteiger partial charge in [0.25, 0.3) is 0 Å². The Labute approximate surface area is 111 Å². The molecule has 0 spiro atoms. The van der Waals surface area contributed by atoms with Crippen LogP contribution in [-0.4, -0.2) is 11.1 Å². The number of rotatable bonds is 4. The Balaban J connectivity index is 2.16. The SMILES string of the molecule is N#C[C@@H](Cc1ccc(-c2ccccc2)cc1)C(=O)O. The van der Waals surface area contributed by atoms with Gasteiger partial charge in [0.2, 0.25) is 0 Å². The lowest BCUT2D eigenvalue weighted by Gasteiger charge is -2.06. The molecule has 0 fully saturated rings. The fourth-order valence-electron chi connectivity index (χ4n) is 1.89. The minimum atomic E-state index is -1.07. The Kier molecular flexibility index (Phi) is 3.94. The molecule has 19 heavy (non-hydrogen) atoms. The van der Waals surface area contributed by atoms with Crippen LogP contribution in [0.2, 0.25) is 0 Å². The second-order valence-electron chi connectivity index (χ2n) is 4.29. The topological polar surface area (TPSA) is 61.1 Å². The summed E-state index contributed by atoms with van der Waals surface area (Å²) in [5.41, 5.74) is 3.05. The Hall–Kier alpha value is -2.60. The van der Waals surface area contributed by atoms with Crippen LogP contribution in [0.3, 0.4) is 0 Å². The summed E-state index contributed by atoms with van der Waals surface area (Å²) in [6.45, 7) is 0. The van der Waals surface area contributed by atoms with E-state index in [-0.39, 0.29) is 6.42 Å². The zero-order chi connectivity index (χ0) is 13.7. The highest BCUT2D eigenvalue weighted by molar-refractivity contribution is 5.73. The van der Waals surface area contributed by atoms with Gasteiger partial charge in [0.1, 0.15) is 5.92 Å². The fraction of sp³-hybridized carbons (Fsp3) is 0.125. The molecule has 2 rings (SSSR count). The van der Waals surface area contributed by atoms with Crippen molar-refractivity contribution < 1.29 is 9.90 Å². The van der Waals surface area contributed by atoms with Crippen LogP contribution in [0, 0.1) is 17.2 Å². The van der Waals surface area contributed by atoms with E-state index in [1.54, 1.807) is 6.07 Å². The number of hydrogen-bond acceptors (Lipinski definition) is 2. The van der Waals surface area contributed by atoms with Crippen molar-refractivity contribution in [2.45, 2.75) is 6.42 Å². The molecule has 0 bridgehead atoms. The molecular weight excluding hydrogens is 238 g/mol. The van der Waals surface area contributed by atoms with E-state index < -0.39 is 11.9 Å². The molecule has 0 amide bonds. The normalized spacial score (nSPS) is 11.5. The van der Waals surface area contributed by atoms with Crippen LogP contribution >= 0.6 is 0 Å². The summed E-state index contributed by atoms with van der Waals surface area (Å²) < 4.78 is 0. The van der Waals surface area contributed by atoms with Gasteiger partial charge in [0.15, 0.2) is 0 Å². The molecule has 3 nitrogen and oxygen atoms in total. The van der Waals surface area contributed by atoms with Crippen molar-refractivity contribution in [3.05, 3.63) is 60.2 Å². The minimum absolute atomic E-state index is 0.237. The molecule has 0 radical (unpaired) electrons. The monoisotopic (exact) mass is 251 g/mol. The molecule has 0 unspecified atom stereocenters. The Bertz CT molecular complexity index is 597. The van der Waals surface area contributed by atoms with Crippen molar-refractivity contribution in [2.75, 3.05) is 0 Å². The average Bonchev–Trinajstić information content (AvgIpc) is 2.46. The summed E-state index contributed by atoms with van der Waals surface area (Å²) in [5.74, 6) is -2.06. The molecule has 2 aromatic rings. The van der Waals surface area contributed by atoms with Crippen LogP contribution in [-0.2, 0) is 11.2 Å². The van der Waals surface area contributed by atoms with Crippen molar-refractivity contribution >= 4 is 5.97 Å². The number of carboxylic acids is 1. The van der Waals surface area contributed by atoms with Crippen LogP contribution < -0.4 is 0 Å². The van der Waals surface area contributed by atoms with Gasteiger partial charge in [-0.25, -0.2) is 0 Å². The number of nitriles is 1. The van der Waals surface area contributed by atoms with E-state index in [9.17, 15) is 4.79 Å². The van der Waals surface area contributed by atoms with Crippen molar-refractivity contribution in [2.24, 2.45) is 5.92 Å². The third-order valence-corrected chi connectivity index (χ3v) is 2.95. The van der Waals surface area contributed by atoms with Gasteiger partial charge in [-0.2, -0.15) is 5.26 Å². The molecule has 0 aliphatic rings. The summed E-state index contributed by atoms with van der Waals surface area (Å²) in [6, 6.07) is 19.4. The standard InChI is InChI=1S/C16H13NO2/c17-11-15(16(18)19)10-12-6-8-14(9-7-12)13-4-2-1-3-5-13/h1-9,15H,10H2,(H,18,19)/t15-/m1/s1. The molecule has 94 valence electrons. The highest BCUT2D eigenvalue weighted by Gasteiger charge is 2.16. The molecule has 1 N–H and O–H groups in total. The molecule has 1 atom stereocenters.